The number of aromatic nitrogens is 2. The van der Waals surface area contributed by atoms with E-state index in [1.807, 2.05) is 6.20 Å². The fraction of sp³-hybridized carbons (Fsp3) is 0.800. The van der Waals surface area contributed by atoms with Crippen LogP contribution in [0.15, 0.2) is 30.4 Å². The van der Waals surface area contributed by atoms with E-state index >= 15 is 0 Å². The van der Waals surface area contributed by atoms with Crippen molar-refractivity contribution in [3.05, 3.63) is 30.4 Å². The molecule has 0 N–H and O–H groups in total. The van der Waals surface area contributed by atoms with E-state index in [1.54, 1.807) is 29.6 Å². The van der Waals surface area contributed by atoms with Crippen molar-refractivity contribution in [2.45, 2.75) is 119 Å². The zero-order valence-electron chi connectivity index (χ0n) is 26.3. The normalized spacial score (nSPS) is 47.5. The molecule has 0 unspecified atom stereocenters. The summed E-state index contributed by atoms with van der Waals surface area (Å²) in [5.41, 5.74) is 1.75. The Labute approximate surface area is 241 Å². The van der Waals surface area contributed by atoms with Gasteiger partial charge in [0.15, 0.2) is 0 Å². The molecule has 4 saturated carbocycles. The monoisotopic (exact) mass is 548 g/mol. The summed E-state index contributed by atoms with van der Waals surface area (Å²) in [5.74, 6) is 2.65. The lowest BCUT2D eigenvalue weighted by molar-refractivity contribution is -0.211. The Hall–Kier alpha value is -1.91. The number of nitrogens with zero attached hydrogens (tertiary/aromatic N) is 2. The van der Waals surface area contributed by atoms with Crippen LogP contribution in [0.1, 0.15) is 118 Å². The van der Waals surface area contributed by atoms with Gasteiger partial charge in [0.25, 0.3) is 0 Å². The third-order valence-corrected chi connectivity index (χ3v) is 14.4. The molecule has 0 aliphatic heterocycles. The fourth-order valence-corrected chi connectivity index (χ4v) is 11.9. The first-order valence-corrected chi connectivity index (χ1v) is 16.1. The van der Waals surface area contributed by atoms with Gasteiger partial charge in [0.05, 0.1) is 5.41 Å². The van der Waals surface area contributed by atoms with Gasteiger partial charge in [-0.1, -0.05) is 60.1 Å². The first-order valence-electron chi connectivity index (χ1n) is 16.1. The van der Waals surface area contributed by atoms with Crippen LogP contribution < -0.4 is 0 Å². The average molecular weight is 549 g/mol. The molecule has 6 rings (SSSR count). The molecule has 1 aromatic heterocycles. The maximum absolute atomic E-state index is 14.3. The van der Waals surface area contributed by atoms with Crippen molar-refractivity contribution in [3.8, 4) is 0 Å². The zero-order chi connectivity index (χ0) is 28.9. The van der Waals surface area contributed by atoms with Gasteiger partial charge in [0.2, 0.25) is 5.91 Å². The number of hydrogen-bond donors (Lipinski definition) is 0. The molecule has 0 spiro atoms. The zero-order valence-corrected chi connectivity index (χ0v) is 26.3. The Morgan fingerprint density at radius 2 is 1.70 bits per heavy atom. The molecule has 10 atom stereocenters. The summed E-state index contributed by atoms with van der Waals surface area (Å²) in [6.45, 7) is 18.9. The van der Waals surface area contributed by atoms with Crippen molar-refractivity contribution >= 4 is 11.9 Å². The number of esters is 1. The van der Waals surface area contributed by atoms with Crippen LogP contribution in [0.5, 0.6) is 0 Å². The molecule has 5 aliphatic rings. The van der Waals surface area contributed by atoms with Gasteiger partial charge in [0, 0.05) is 24.7 Å². The number of carbonyl (C=O) groups excluding carboxylic acids is 2. The third kappa shape index (κ3) is 3.54. The summed E-state index contributed by atoms with van der Waals surface area (Å²) in [5, 5.41) is 0. The molecular weight excluding hydrogens is 496 g/mol. The SMILES string of the molecule is CC(=O)O[C@H]1CC[C@]2(C)[C@H]3CC=C4[C@@H]5[C@@H](C)[C@H](C)CC[C@]5(C(=O)n5ccnc5)CC[C@@]4(C)[C@]3(C)CC[C@H]2C1(C)C. The number of rotatable bonds is 2. The predicted molar refractivity (Wildman–Crippen MR) is 157 cm³/mol. The van der Waals surface area contributed by atoms with Crippen molar-refractivity contribution in [3.63, 3.8) is 0 Å². The predicted octanol–water partition coefficient (Wildman–Crippen LogP) is 8.11. The van der Waals surface area contributed by atoms with E-state index in [9.17, 15) is 9.59 Å². The molecule has 0 radical (unpaired) electrons. The molecule has 0 bridgehead atoms. The highest BCUT2D eigenvalue weighted by atomic mass is 16.5. The smallest absolute Gasteiger partial charge is 0.302 e. The fourth-order valence-electron chi connectivity index (χ4n) is 11.9. The summed E-state index contributed by atoms with van der Waals surface area (Å²) >= 11 is 0. The van der Waals surface area contributed by atoms with E-state index < -0.39 is 0 Å². The Bertz CT molecular complexity index is 1220. The second-order valence-electron chi connectivity index (χ2n) is 16.0. The van der Waals surface area contributed by atoms with Crippen LogP contribution in [0.25, 0.3) is 0 Å². The van der Waals surface area contributed by atoms with Crippen molar-refractivity contribution in [1.82, 2.24) is 9.55 Å². The lowest BCUT2D eigenvalue weighted by Crippen LogP contribution is -2.65. The number of allylic oxidation sites excluding steroid dienone is 2. The van der Waals surface area contributed by atoms with Gasteiger partial charge in [-0.2, -0.15) is 0 Å². The molecule has 5 heteroatoms. The molecule has 1 heterocycles. The number of fused-ring (bicyclic) bond motifs is 7. The summed E-state index contributed by atoms with van der Waals surface area (Å²) in [4.78, 5) is 30.5. The highest BCUT2D eigenvalue weighted by Crippen LogP contribution is 2.76. The summed E-state index contributed by atoms with van der Waals surface area (Å²) in [7, 11) is 0. The van der Waals surface area contributed by atoms with Gasteiger partial charge in [-0.25, -0.2) is 4.98 Å². The van der Waals surface area contributed by atoms with Gasteiger partial charge < -0.3 is 4.74 Å². The Morgan fingerprint density at radius 1 is 0.950 bits per heavy atom. The second-order valence-corrected chi connectivity index (χ2v) is 16.0. The van der Waals surface area contributed by atoms with Crippen molar-refractivity contribution in [1.29, 1.82) is 0 Å². The van der Waals surface area contributed by atoms with Gasteiger partial charge in [-0.15, -0.1) is 0 Å². The molecule has 1 aromatic rings. The molecule has 0 aromatic carbocycles. The average Bonchev–Trinajstić information content (AvgIpc) is 3.43. The largest absolute Gasteiger partial charge is 0.462 e. The van der Waals surface area contributed by atoms with E-state index in [2.05, 4.69) is 59.5 Å². The second kappa shape index (κ2) is 9.04. The first-order chi connectivity index (χ1) is 18.7. The highest BCUT2D eigenvalue weighted by molar-refractivity contribution is 5.86. The molecule has 5 nitrogen and oxygen atoms in total. The first kappa shape index (κ1) is 28.2. The quantitative estimate of drug-likeness (QED) is 0.277. The number of carbonyl (C=O) groups is 2. The molecule has 5 aliphatic carbocycles. The third-order valence-electron chi connectivity index (χ3n) is 14.4. The van der Waals surface area contributed by atoms with Crippen LogP contribution in [0, 0.1) is 56.7 Å². The summed E-state index contributed by atoms with van der Waals surface area (Å²) in [6, 6.07) is 0. The molecule has 0 amide bonds. The number of imidazole rings is 1. The van der Waals surface area contributed by atoms with Crippen molar-refractivity contribution < 1.29 is 14.3 Å². The van der Waals surface area contributed by atoms with E-state index in [4.69, 9.17) is 4.74 Å². The van der Waals surface area contributed by atoms with Crippen LogP contribution >= 0.6 is 0 Å². The summed E-state index contributed by atoms with van der Waals surface area (Å²) in [6.07, 6.45) is 17.7. The van der Waals surface area contributed by atoms with Crippen LogP contribution in [0.4, 0.5) is 0 Å². The van der Waals surface area contributed by atoms with E-state index in [0.717, 1.165) is 44.9 Å². The molecule has 40 heavy (non-hydrogen) atoms. The van der Waals surface area contributed by atoms with E-state index in [0.29, 0.717) is 29.6 Å². The number of hydrogen-bond acceptors (Lipinski definition) is 4. The Kier molecular flexibility index (Phi) is 6.38. The van der Waals surface area contributed by atoms with Crippen molar-refractivity contribution in [2.24, 2.45) is 56.7 Å². The van der Waals surface area contributed by atoms with Gasteiger partial charge in [-0.3, -0.25) is 14.2 Å². The maximum Gasteiger partial charge on any atom is 0.302 e. The minimum absolute atomic E-state index is 0.00627. The van der Waals surface area contributed by atoms with E-state index in [1.165, 1.54) is 12.8 Å². The van der Waals surface area contributed by atoms with Crippen LogP contribution in [0.3, 0.4) is 0 Å². The molecule has 0 saturated heterocycles. The molecule has 220 valence electrons. The Balaban J connectivity index is 1.41. The molecule has 4 fully saturated rings. The summed E-state index contributed by atoms with van der Waals surface area (Å²) < 4.78 is 7.70. The van der Waals surface area contributed by atoms with Gasteiger partial charge in [0.1, 0.15) is 12.4 Å². The minimum Gasteiger partial charge on any atom is -0.462 e. The van der Waals surface area contributed by atoms with E-state index in [-0.39, 0.29) is 45.1 Å². The van der Waals surface area contributed by atoms with Crippen LogP contribution in [-0.2, 0) is 9.53 Å². The van der Waals surface area contributed by atoms with Crippen LogP contribution in [-0.4, -0.2) is 27.5 Å². The van der Waals surface area contributed by atoms with Crippen LogP contribution in [0.2, 0.25) is 0 Å². The number of ether oxygens (including phenoxy) is 1. The van der Waals surface area contributed by atoms with Gasteiger partial charge >= 0.3 is 5.97 Å². The Morgan fingerprint density at radius 3 is 2.38 bits per heavy atom. The minimum atomic E-state index is -0.327. The maximum atomic E-state index is 14.3. The van der Waals surface area contributed by atoms with Crippen molar-refractivity contribution in [2.75, 3.05) is 0 Å². The lowest BCUT2D eigenvalue weighted by atomic mass is 9.33. The topological polar surface area (TPSA) is 61.2 Å². The van der Waals surface area contributed by atoms with Gasteiger partial charge in [-0.05, 0) is 104 Å². The standard InChI is InChI=1S/C35H52N2O3/c1-22-11-16-35(30(39)37-20-19-36-21-37)18-17-33(7)25(29(35)23(22)2)9-10-27-32(6)14-13-28(40-24(3)38)31(4,5)26(32)12-15-34(27,33)8/h9,19-23,26-29H,10-18H2,1-8H3/t22-,23+,26+,27-,28+,29+,32+,33-,34-,35+/m1/s1. The lowest BCUT2D eigenvalue weighted by Gasteiger charge is -2.71. The highest BCUT2D eigenvalue weighted by Gasteiger charge is 2.69. The molecular formula is C35H52N2O3.